The maximum absolute atomic E-state index is 10.5. The van der Waals surface area contributed by atoms with Crippen LogP contribution in [0.2, 0.25) is 0 Å². The second kappa shape index (κ2) is 9.27. The van der Waals surface area contributed by atoms with E-state index >= 15 is 0 Å². The van der Waals surface area contributed by atoms with Crippen LogP contribution in [0.4, 0.5) is 0 Å². The Labute approximate surface area is 108 Å². The molecular weight excluding hydrogens is 236 g/mol. The largest absolute Gasteiger partial charge is 0.481 e. The molecule has 0 aromatic heterocycles. The standard InChI is InChI=1S/C12H24N2O4/c1-17-10-11-18-9-8-14-6-4-13(5-7-14)3-2-12(15)16/h2-11H2,1H3,(H,15,16). The van der Waals surface area contributed by atoms with Gasteiger partial charge >= 0.3 is 5.97 Å². The third-order valence-corrected chi connectivity index (χ3v) is 3.09. The molecule has 0 bridgehead atoms. The van der Waals surface area contributed by atoms with Crippen molar-refractivity contribution >= 4 is 5.97 Å². The molecule has 1 N–H and O–H groups in total. The first-order valence-electron chi connectivity index (χ1n) is 6.45. The van der Waals surface area contributed by atoms with E-state index in [2.05, 4.69) is 9.80 Å². The Bertz CT molecular complexity index is 230. The number of hydrogen-bond donors (Lipinski definition) is 1. The Morgan fingerprint density at radius 1 is 1.06 bits per heavy atom. The highest BCUT2D eigenvalue weighted by atomic mass is 16.5. The van der Waals surface area contributed by atoms with Gasteiger partial charge < -0.3 is 19.5 Å². The lowest BCUT2D eigenvalue weighted by atomic mass is 10.3. The first-order valence-corrected chi connectivity index (χ1v) is 6.45. The maximum atomic E-state index is 10.5. The van der Waals surface area contributed by atoms with Gasteiger partial charge in [-0.2, -0.15) is 0 Å². The number of nitrogens with zero attached hydrogens (tertiary/aromatic N) is 2. The summed E-state index contributed by atoms with van der Waals surface area (Å²) in [6, 6.07) is 0. The molecule has 6 heteroatoms. The van der Waals surface area contributed by atoms with E-state index < -0.39 is 5.97 Å². The van der Waals surface area contributed by atoms with Crippen molar-refractivity contribution in [2.45, 2.75) is 6.42 Å². The van der Waals surface area contributed by atoms with Crippen LogP contribution in [0, 0.1) is 0 Å². The molecule has 0 aromatic carbocycles. The van der Waals surface area contributed by atoms with Gasteiger partial charge in [0.15, 0.2) is 0 Å². The maximum Gasteiger partial charge on any atom is 0.304 e. The summed E-state index contributed by atoms with van der Waals surface area (Å²) in [5, 5.41) is 8.62. The number of hydrogen-bond acceptors (Lipinski definition) is 5. The van der Waals surface area contributed by atoms with Gasteiger partial charge in [0.25, 0.3) is 0 Å². The number of methoxy groups -OCH3 is 1. The average molecular weight is 260 g/mol. The quantitative estimate of drug-likeness (QED) is 0.576. The summed E-state index contributed by atoms with van der Waals surface area (Å²) in [6.45, 7) is 7.51. The van der Waals surface area contributed by atoms with E-state index in [1.165, 1.54) is 0 Å². The molecule has 1 heterocycles. The van der Waals surface area contributed by atoms with Crippen LogP contribution >= 0.6 is 0 Å². The Kier molecular flexibility index (Phi) is 7.91. The third kappa shape index (κ3) is 6.90. The minimum absolute atomic E-state index is 0.236. The van der Waals surface area contributed by atoms with Crippen LogP contribution in [0.3, 0.4) is 0 Å². The van der Waals surface area contributed by atoms with Gasteiger partial charge in [0.05, 0.1) is 26.2 Å². The molecule has 0 atom stereocenters. The lowest BCUT2D eigenvalue weighted by Crippen LogP contribution is -2.47. The number of ether oxygens (including phenoxy) is 2. The molecule has 0 saturated carbocycles. The second-order valence-corrected chi connectivity index (χ2v) is 4.43. The van der Waals surface area contributed by atoms with Gasteiger partial charge in [-0.1, -0.05) is 0 Å². The number of piperazine rings is 1. The fourth-order valence-electron chi connectivity index (χ4n) is 1.93. The van der Waals surface area contributed by atoms with Crippen molar-refractivity contribution < 1.29 is 19.4 Å². The second-order valence-electron chi connectivity index (χ2n) is 4.43. The summed E-state index contributed by atoms with van der Waals surface area (Å²) in [5.74, 6) is -0.719. The Morgan fingerprint density at radius 3 is 2.22 bits per heavy atom. The Hall–Kier alpha value is -0.690. The van der Waals surface area contributed by atoms with Crippen molar-refractivity contribution in [2.24, 2.45) is 0 Å². The predicted octanol–water partition coefficient (Wildman–Crippen LogP) is -0.258. The van der Waals surface area contributed by atoms with Gasteiger partial charge in [-0.25, -0.2) is 0 Å². The van der Waals surface area contributed by atoms with Crippen molar-refractivity contribution in [1.82, 2.24) is 9.80 Å². The molecule has 1 aliphatic heterocycles. The molecule has 1 rings (SSSR count). The summed E-state index contributed by atoms with van der Waals surface area (Å²) < 4.78 is 10.3. The van der Waals surface area contributed by atoms with Crippen LogP contribution in [-0.4, -0.2) is 87.1 Å². The van der Waals surface area contributed by atoms with Crippen LogP contribution in [-0.2, 0) is 14.3 Å². The first-order chi connectivity index (χ1) is 8.72. The number of rotatable bonds is 9. The molecule has 18 heavy (non-hydrogen) atoms. The smallest absolute Gasteiger partial charge is 0.304 e. The van der Waals surface area contributed by atoms with E-state index in [-0.39, 0.29) is 6.42 Å². The van der Waals surface area contributed by atoms with Gasteiger partial charge in [0.1, 0.15) is 0 Å². The van der Waals surface area contributed by atoms with Crippen molar-refractivity contribution in [1.29, 1.82) is 0 Å². The van der Waals surface area contributed by atoms with Crippen LogP contribution in [0.25, 0.3) is 0 Å². The zero-order valence-electron chi connectivity index (χ0n) is 11.1. The van der Waals surface area contributed by atoms with Gasteiger partial charge in [-0.15, -0.1) is 0 Å². The molecule has 0 radical (unpaired) electrons. The zero-order chi connectivity index (χ0) is 13.2. The topological polar surface area (TPSA) is 62.2 Å². The van der Waals surface area contributed by atoms with Gasteiger partial charge in [0, 0.05) is 46.4 Å². The monoisotopic (exact) mass is 260 g/mol. The van der Waals surface area contributed by atoms with E-state index in [9.17, 15) is 4.79 Å². The molecule has 1 aliphatic rings. The zero-order valence-corrected chi connectivity index (χ0v) is 11.1. The van der Waals surface area contributed by atoms with Crippen molar-refractivity contribution in [3.63, 3.8) is 0 Å². The number of aliphatic carboxylic acids is 1. The number of carbonyl (C=O) groups is 1. The lowest BCUT2D eigenvalue weighted by Gasteiger charge is -2.34. The molecule has 0 aliphatic carbocycles. The minimum atomic E-state index is -0.719. The summed E-state index contributed by atoms with van der Waals surface area (Å²) in [5.41, 5.74) is 0. The first kappa shape index (κ1) is 15.4. The third-order valence-electron chi connectivity index (χ3n) is 3.09. The van der Waals surface area contributed by atoms with Gasteiger partial charge in [-0.05, 0) is 0 Å². The van der Waals surface area contributed by atoms with E-state index in [0.717, 1.165) is 39.3 Å². The van der Waals surface area contributed by atoms with E-state index in [4.69, 9.17) is 14.6 Å². The van der Waals surface area contributed by atoms with Crippen LogP contribution < -0.4 is 0 Å². The SMILES string of the molecule is COCCOCCN1CCN(CCC(=O)O)CC1. The Morgan fingerprint density at radius 2 is 1.67 bits per heavy atom. The summed E-state index contributed by atoms with van der Waals surface area (Å²) in [7, 11) is 1.67. The number of carboxylic acid groups (broad SMARTS) is 1. The highest BCUT2D eigenvalue weighted by Gasteiger charge is 2.16. The van der Waals surface area contributed by atoms with Gasteiger partial charge in [0.2, 0.25) is 0 Å². The lowest BCUT2D eigenvalue weighted by molar-refractivity contribution is -0.137. The average Bonchev–Trinajstić information content (AvgIpc) is 2.37. The summed E-state index contributed by atoms with van der Waals surface area (Å²) in [6.07, 6.45) is 0.236. The molecule has 0 amide bonds. The molecule has 106 valence electrons. The summed E-state index contributed by atoms with van der Waals surface area (Å²) in [4.78, 5) is 15.0. The molecule has 0 unspecified atom stereocenters. The van der Waals surface area contributed by atoms with E-state index in [0.29, 0.717) is 19.8 Å². The van der Waals surface area contributed by atoms with Gasteiger partial charge in [-0.3, -0.25) is 9.69 Å². The molecule has 1 fully saturated rings. The van der Waals surface area contributed by atoms with Crippen LogP contribution in [0.5, 0.6) is 0 Å². The normalized spacial score (nSPS) is 18.1. The van der Waals surface area contributed by atoms with E-state index in [1.54, 1.807) is 7.11 Å². The highest BCUT2D eigenvalue weighted by Crippen LogP contribution is 2.02. The van der Waals surface area contributed by atoms with E-state index in [1.807, 2.05) is 0 Å². The molecule has 0 spiro atoms. The highest BCUT2D eigenvalue weighted by molar-refractivity contribution is 5.66. The molecule has 6 nitrogen and oxygen atoms in total. The predicted molar refractivity (Wildman–Crippen MR) is 67.8 cm³/mol. The fraction of sp³-hybridized carbons (Fsp3) is 0.917. The van der Waals surface area contributed by atoms with Crippen molar-refractivity contribution in [3.05, 3.63) is 0 Å². The fourth-order valence-corrected chi connectivity index (χ4v) is 1.93. The molecule has 0 aromatic rings. The van der Waals surface area contributed by atoms with Crippen molar-refractivity contribution in [3.8, 4) is 0 Å². The Balaban J connectivity index is 1.99. The summed E-state index contributed by atoms with van der Waals surface area (Å²) >= 11 is 0. The minimum Gasteiger partial charge on any atom is -0.481 e. The number of carboxylic acids is 1. The molecular formula is C12H24N2O4. The molecule has 1 saturated heterocycles. The van der Waals surface area contributed by atoms with Crippen molar-refractivity contribution in [2.75, 3.05) is 66.2 Å². The van der Waals surface area contributed by atoms with Crippen LogP contribution in [0.15, 0.2) is 0 Å². The van der Waals surface area contributed by atoms with Crippen LogP contribution in [0.1, 0.15) is 6.42 Å².